The number of rotatable bonds is 5. The molecule has 0 saturated heterocycles. The molecule has 8 heteroatoms. The van der Waals surface area contributed by atoms with E-state index in [4.69, 9.17) is 9.47 Å². The van der Waals surface area contributed by atoms with E-state index in [2.05, 4.69) is 17.1 Å². The van der Waals surface area contributed by atoms with Crippen molar-refractivity contribution in [1.29, 1.82) is 0 Å². The zero-order chi connectivity index (χ0) is 25.5. The minimum atomic E-state index is -0.241. The normalized spacial score (nSPS) is 21.9. The fraction of sp³-hybridized carbons (Fsp3) is 0.481. The second kappa shape index (κ2) is 12.1. The third-order valence-electron chi connectivity index (χ3n) is 6.51. The van der Waals surface area contributed by atoms with Gasteiger partial charge in [-0.1, -0.05) is 32.0 Å². The number of halogens is 1. The predicted molar refractivity (Wildman–Crippen MR) is 134 cm³/mol. The summed E-state index contributed by atoms with van der Waals surface area (Å²) >= 11 is 0. The molecule has 7 nitrogen and oxygen atoms in total. The second-order valence-electron chi connectivity index (χ2n) is 9.23. The van der Waals surface area contributed by atoms with E-state index in [1.54, 1.807) is 56.3 Å². The van der Waals surface area contributed by atoms with Crippen LogP contribution in [0.3, 0.4) is 0 Å². The third-order valence-corrected chi connectivity index (χ3v) is 6.51. The summed E-state index contributed by atoms with van der Waals surface area (Å²) in [5.74, 6) is -0.0670. The number of benzene rings is 2. The van der Waals surface area contributed by atoms with E-state index >= 15 is 0 Å². The van der Waals surface area contributed by atoms with Gasteiger partial charge in [0.25, 0.3) is 5.91 Å². The molecule has 0 bridgehead atoms. The van der Waals surface area contributed by atoms with Gasteiger partial charge in [0.05, 0.1) is 11.7 Å². The number of anilines is 1. The van der Waals surface area contributed by atoms with Crippen molar-refractivity contribution in [2.24, 2.45) is 5.92 Å². The highest BCUT2D eigenvalue weighted by Gasteiger charge is 2.28. The molecule has 0 saturated carbocycles. The van der Waals surface area contributed by atoms with Gasteiger partial charge in [-0.3, -0.25) is 14.5 Å². The molecular weight excluding hydrogens is 449 g/mol. The van der Waals surface area contributed by atoms with E-state index in [-0.39, 0.29) is 42.3 Å². The van der Waals surface area contributed by atoms with E-state index in [9.17, 15) is 14.0 Å². The third kappa shape index (κ3) is 6.80. The summed E-state index contributed by atoms with van der Waals surface area (Å²) in [6.07, 6.45) is 0.143. The SMILES string of the molecule is CCC(=O)Nc1ccc2c(c1)OC[C@@H](C)N(Cc1ccccc1F)C[C@@H](C)[C@H](OC)CN(C)C2=O. The van der Waals surface area contributed by atoms with E-state index < -0.39 is 0 Å². The van der Waals surface area contributed by atoms with Gasteiger partial charge in [-0.2, -0.15) is 0 Å². The summed E-state index contributed by atoms with van der Waals surface area (Å²) < 4.78 is 26.4. The van der Waals surface area contributed by atoms with Crippen LogP contribution in [0.25, 0.3) is 0 Å². The van der Waals surface area contributed by atoms with Gasteiger partial charge in [-0.05, 0) is 31.0 Å². The van der Waals surface area contributed by atoms with Crippen molar-refractivity contribution < 1.29 is 23.5 Å². The number of ether oxygens (including phenoxy) is 2. The Balaban J connectivity index is 1.95. The Bertz CT molecular complexity index is 1030. The smallest absolute Gasteiger partial charge is 0.257 e. The van der Waals surface area contributed by atoms with Crippen LogP contribution < -0.4 is 10.1 Å². The molecule has 0 aromatic heterocycles. The van der Waals surface area contributed by atoms with Gasteiger partial charge < -0.3 is 19.7 Å². The molecule has 1 aliphatic rings. The second-order valence-corrected chi connectivity index (χ2v) is 9.23. The molecule has 0 spiro atoms. The molecule has 0 fully saturated rings. The van der Waals surface area contributed by atoms with E-state index in [0.29, 0.717) is 48.6 Å². The van der Waals surface area contributed by atoms with Gasteiger partial charge in [-0.15, -0.1) is 0 Å². The molecule has 35 heavy (non-hydrogen) atoms. The maximum atomic E-state index is 14.5. The molecule has 190 valence electrons. The Morgan fingerprint density at radius 1 is 1.20 bits per heavy atom. The van der Waals surface area contributed by atoms with Crippen molar-refractivity contribution in [2.75, 3.05) is 39.2 Å². The highest BCUT2D eigenvalue weighted by molar-refractivity contribution is 5.98. The van der Waals surface area contributed by atoms with Crippen LogP contribution in [0.15, 0.2) is 42.5 Å². The van der Waals surface area contributed by atoms with Gasteiger partial charge in [-0.25, -0.2) is 4.39 Å². The molecule has 2 aromatic carbocycles. The predicted octanol–water partition coefficient (Wildman–Crippen LogP) is 4.18. The summed E-state index contributed by atoms with van der Waals surface area (Å²) in [6.45, 7) is 7.62. The van der Waals surface area contributed by atoms with Crippen LogP contribution in [0.2, 0.25) is 0 Å². The summed E-state index contributed by atoms with van der Waals surface area (Å²) in [5.41, 5.74) is 1.60. The molecule has 2 amide bonds. The van der Waals surface area contributed by atoms with Crippen molar-refractivity contribution in [2.45, 2.75) is 45.9 Å². The first-order valence-electron chi connectivity index (χ1n) is 12.1. The zero-order valence-corrected chi connectivity index (χ0v) is 21.2. The quantitative estimate of drug-likeness (QED) is 0.688. The number of fused-ring (bicyclic) bond motifs is 1. The number of nitrogens with zero attached hydrogens (tertiary/aromatic N) is 2. The lowest BCUT2D eigenvalue weighted by molar-refractivity contribution is -0.115. The topological polar surface area (TPSA) is 71.1 Å². The molecule has 0 radical (unpaired) electrons. The Hall–Kier alpha value is -2.97. The molecule has 0 unspecified atom stereocenters. The molecular formula is C27H36FN3O4. The first-order valence-corrected chi connectivity index (χ1v) is 12.1. The van der Waals surface area contributed by atoms with Crippen LogP contribution in [0.4, 0.5) is 10.1 Å². The maximum Gasteiger partial charge on any atom is 0.257 e. The molecule has 0 aliphatic carbocycles. The van der Waals surface area contributed by atoms with Gasteiger partial charge >= 0.3 is 0 Å². The number of carbonyl (C=O) groups excluding carboxylic acids is 2. The molecule has 3 atom stereocenters. The van der Waals surface area contributed by atoms with Crippen molar-refractivity contribution in [1.82, 2.24) is 9.80 Å². The first kappa shape index (κ1) is 26.6. The first-order chi connectivity index (χ1) is 16.7. The Morgan fingerprint density at radius 3 is 2.63 bits per heavy atom. The van der Waals surface area contributed by atoms with Crippen LogP contribution in [0.1, 0.15) is 43.1 Å². The Kier molecular flexibility index (Phi) is 9.23. The number of carbonyl (C=O) groups is 2. The summed E-state index contributed by atoms with van der Waals surface area (Å²) in [4.78, 5) is 29.0. The molecule has 2 aromatic rings. The molecule has 1 heterocycles. The average molecular weight is 486 g/mol. The van der Waals surface area contributed by atoms with Crippen molar-refractivity contribution in [3.05, 3.63) is 59.4 Å². The van der Waals surface area contributed by atoms with Crippen LogP contribution in [-0.2, 0) is 16.1 Å². The molecule has 1 aliphatic heterocycles. The summed E-state index contributed by atoms with van der Waals surface area (Å²) in [7, 11) is 3.39. The fourth-order valence-electron chi connectivity index (χ4n) is 4.24. The number of amides is 2. The standard InChI is InChI=1S/C27H36FN3O4/c1-6-26(32)29-21-11-12-22-24(13-21)35-17-19(3)31(15-20-9-7-8-10-23(20)28)14-18(2)25(34-5)16-30(4)27(22)33/h7-13,18-19,25H,6,14-17H2,1-5H3,(H,29,32)/t18-,19-,25-/m1/s1. The van der Waals surface area contributed by atoms with Crippen LogP contribution in [0.5, 0.6) is 5.75 Å². The van der Waals surface area contributed by atoms with Crippen molar-refractivity contribution >= 4 is 17.5 Å². The summed E-state index contributed by atoms with van der Waals surface area (Å²) in [5, 5.41) is 2.82. The summed E-state index contributed by atoms with van der Waals surface area (Å²) in [6, 6.07) is 11.8. The highest BCUT2D eigenvalue weighted by Crippen LogP contribution is 2.27. The van der Waals surface area contributed by atoms with Crippen LogP contribution >= 0.6 is 0 Å². The van der Waals surface area contributed by atoms with Gasteiger partial charge in [0.2, 0.25) is 5.91 Å². The zero-order valence-electron chi connectivity index (χ0n) is 21.2. The van der Waals surface area contributed by atoms with E-state index in [1.807, 2.05) is 13.0 Å². The molecule has 1 N–H and O–H groups in total. The highest BCUT2D eigenvalue weighted by atomic mass is 19.1. The number of likely N-dealkylation sites (N-methyl/N-ethyl adjacent to an activating group) is 1. The van der Waals surface area contributed by atoms with Gasteiger partial charge in [0.1, 0.15) is 18.2 Å². The van der Waals surface area contributed by atoms with Crippen LogP contribution in [-0.4, -0.2) is 67.6 Å². The number of hydrogen-bond acceptors (Lipinski definition) is 5. The average Bonchev–Trinajstić information content (AvgIpc) is 2.85. The van der Waals surface area contributed by atoms with Crippen molar-refractivity contribution in [3.63, 3.8) is 0 Å². The van der Waals surface area contributed by atoms with Gasteiger partial charge in [0.15, 0.2) is 0 Å². The minimum Gasteiger partial charge on any atom is -0.491 e. The minimum absolute atomic E-state index is 0.0787. The lowest BCUT2D eigenvalue weighted by Crippen LogP contribution is -2.46. The molecule has 3 rings (SSSR count). The lowest BCUT2D eigenvalue weighted by Gasteiger charge is -2.36. The van der Waals surface area contributed by atoms with Crippen molar-refractivity contribution in [3.8, 4) is 5.75 Å². The van der Waals surface area contributed by atoms with E-state index in [1.165, 1.54) is 6.07 Å². The Morgan fingerprint density at radius 2 is 1.94 bits per heavy atom. The monoisotopic (exact) mass is 485 g/mol. The number of nitrogens with one attached hydrogen (secondary N) is 1. The largest absolute Gasteiger partial charge is 0.491 e. The number of hydrogen-bond donors (Lipinski definition) is 1. The van der Waals surface area contributed by atoms with Crippen LogP contribution in [0, 0.1) is 11.7 Å². The number of methoxy groups -OCH3 is 1. The fourth-order valence-corrected chi connectivity index (χ4v) is 4.24. The Labute approximate surface area is 207 Å². The lowest BCUT2D eigenvalue weighted by atomic mass is 10.0. The maximum absolute atomic E-state index is 14.5. The van der Waals surface area contributed by atoms with E-state index in [0.717, 1.165) is 0 Å². The van der Waals surface area contributed by atoms with Gasteiger partial charge in [0, 0.05) is 63.6 Å².